The van der Waals surface area contributed by atoms with Gasteiger partial charge in [-0.25, -0.2) is 4.98 Å². The zero-order valence-corrected chi connectivity index (χ0v) is 11.8. The Hall–Kier alpha value is -2.36. The molecule has 2 heterocycles. The van der Waals surface area contributed by atoms with Crippen LogP contribution in [0.1, 0.15) is 11.5 Å². The molecule has 0 unspecified atom stereocenters. The van der Waals surface area contributed by atoms with Crippen LogP contribution in [0.25, 0.3) is 10.9 Å². The van der Waals surface area contributed by atoms with Gasteiger partial charge in [0.2, 0.25) is 0 Å². The third-order valence-electron chi connectivity index (χ3n) is 3.44. The number of rotatable bonds is 4. The van der Waals surface area contributed by atoms with Crippen LogP contribution in [0.3, 0.4) is 0 Å². The first-order valence-corrected chi connectivity index (χ1v) is 6.82. The average Bonchev–Trinajstić information content (AvgIpc) is 2.84. The second-order valence-electron chi connectivity index (χ2n) is 4.92. The van der Waals surface area contributed by atoms with Gasteiger partial charge in [-0.15, -0.1) is 0 Å². The highest BCUT2D eigenvalue weighted by atomic mass is 15.1. The van der Waals surface area contributed by atoms with E-state index in [9.17, 15) is 0 Å². The number of pyridine rings is 1. The molecule has 0 aliphatic carbocycles. The summed E-state index contributed by atoms with van der Waals surface area (Å²) in [7, 11) is 0. The lowest BCUT2D eigenvalue weighted by Gasteiger charge is -2.11. The van der Waals surface area contributed by atoms with Crippen LogP contribution in [0.5, 0.6) is 0 Å². The molecule has 4 nitrogen and oxygen atoms in total. The minimum atomic E-state index is 0.866. The molecule has 0 atom stereocenters. The number of nitrogens with zero attached hydrogens (tertiary/aromatic N) is 3. The summed E-state index contributed by atoms with van der Waals surface area (Å²) in [6.45, 7) is 5.82. The third-order valence-corrected chi connectivity index (χ3v) is 3.44. The summed E-state index contributed by atoms with van der Waals surface area (Å²) in [5, 5.41) is 4.67. The Labute approximate surface area is 118 Å². The van der Waals surface area contributed by atoms with Crippen LogP contribution in [0.2, 0.25) is 0 Å². The minimum Gasteiger partial charge on any atom is -0.383 e. The summed E-state index contributed by atoms with van der Waals surface area (Å²) in [6, 6.07) is 10.3. The lowest BCUT2D eigenvalue weighted by molar-refractivity contribution is 0.701. The maximum atomic E-state index is 4.55. The number of benzene rings is 1. The maximum Gasteiger partial charge on any atom is 0.105 e. The summed E-state index contributed by atoms with van der Waals surface area (Å²) >= 11 is 0. The van der Waals surface area contributed by atoms with E-state index in [-0.39, 0.29) is 0 Å². The van der Waals surface area contributed by atoms with Gasteiger partial charge in [-0.2, -0.15) is 0 Å². The molecule has 3 aromatic rings. The van der Waals surface area contributed by atoms with Crippen molar-refractivity contribution in [3.05, 3.63) is 54.2 Å². The van der Waals surface area contributed by atoms with Crippen molar-refractivity contribution in [2.75, 3.05) is 11.9 Å². The molecule has 1 N–H and O–H groups in total. The Bertz CT molecular complexity index is 730. The Morgan fingerprint density at radius 1 is 1.20 bits per heavy atom. The van der Waals surface area contributed by atoms with Gasteiger partial charge in [0, 0.05) is 42.3 Å². The predicted octanol–water partition coefficient (Wildman–Crippen LogP) is 3.16. The van der Waals surface area contributed by atoms with Crippen LogP contribution in [0.4, 0.5) is 5.69 Å². The Balaban J connectivity index is 1.79. The van der Waals surface area contributed by atoms with Gasteiger partial charge in [0.1, 0.15) is 5.82 Å². The normalized spacial score (nSPS) is 10.9. The van der Waals surface area contributed by atoms with Crippen LogP contribution in [-0.4, -0.2) is 21.1 Å². The number of para-hydroxylation sites is 1. The highest BCUT2D eigenvalue weighted by molar-refractivity contribution is 5.91. The van der Waals surface area contributed by atoms with Gasteiger partial charge in [0.15, 0.2) is 0 Å². The smallest absolute Gasteiger partial charge is 0.105 e. The standard InChI is InChI=1S/C16H18N4/c1-12-11-16(14-5-3-4-6-15(14)19-12)18-8-10-20-9-7-17-13(20)2/h3-7,9,11H,8,10H2,1-2H3,(H,18,19). The lowest BCUT2D eigenvalue weighted by atomic mass is 10.1. The Morgan fingerprint density at radius 3 is 2.85 bits per heavy atom. The first-order chi connectivity index (χ1) is 9.74. The lowest BCUT2D eigenvalue weighted by Crippen LogP contribution is -2.11. The summed E-state index contributed by atoms with van der Waals surface area (Å²) < 4.78 is 2.14. The topological polar surface area (TPSA) is 42.7 Å². The molecule has 0 fully saturated rings. The van der Waals surface area contributed by atoms with E-state index in [1.807, 2.05) is 44.4 Å². The molecule has 0 saturated carbocycles. The first kappa shape index (κ1) is 12.7. The van der Waals surface area contributed by atoms with Crippen molar-refractivity contribution in [2.24, 2.45) is 0 Å². The van der Waals surface area contributed by atoms with E-state index in [0.717, 1.165) is 35.8 Å². The van der Waals surface area contributed by atoms with E-state index in [1.165, 1.54) is 5.39 Å². The fraction of sp³-hybridized carbons (Fsp3) is 0.250. The van der Waals surface area contributed by atoms with E-state index < -0.39 is 0 Å². The molecule has 3 rings (SSSR count). The molecule has 20 heavy (non-hydrogen) atoms. The number of aryl methyl sites for hydroxylation is 2. The Kier molecular flexibility index (Phi) is 3.37. The van der Waals surface area contributed by atoms with Crippen LogP contribution in [0.15, 0.2) is 42.7 Å². The molecule has 0 aliphatic heterocycles. The molecule has 0 aliphatic rings. The van der Waals surface area contributed by atoms with Gasteiger partial charge in [-0.05, 0) is 26.0 Å². The van der Waals surface area contributed by atoms with Crippen molar-refractivity contribution < 1.29 is 0 Å². The van der Waals surface area contributed by atoms with Crippen molar-refractivity contribution in [1.82, 2.24) is 14.5 Å². The predicted molar refractivity (Wildman–Crippen MR) is 81.9 cm³/mol. The molecule has 1 aromatic carbocycles. The van der Waals surface area contributed by atoms with E-state index in [4.69, 9.17) is 0 Å². The van der Waals surface area contributed by atoms with Crippen LogP contribution >= 0.6 is 0 Å². The van der Waals surface area contributed by atoms with Crippen LogP contribution in [-0.2, 0) is 6.54 Å². The van der Waals surface area contributed by atoms with Gasteiger partial charge in [0.25, 0.3) is 0 Å². The quantitative estimate of drug-likeness (QED) is 0.788. The molecule has 0 spiro atoms. The number of fused-ring (bicyclic) bond motifs is 1. The second-order valence-corrected chi connectivity index (χ2v) is 4.92. The largest absolute Gasteiger partial charge is 0.383 e. The van der Waals surface area contributed by atoms with Crippen molar-refractivity contribution >= 4 is 16.6 Å². The number of imidazole rings is 1. The van der Waals surface area contributed by atoms with Crippen LogP contribution < -0.4 is 5.32 Å². The second kappa shape index (κ2) is 5.33. The molecule has 0 radical (unpaired) electrons. The molecule has 4 heteroatoms. The fourth-order valence-electron chi connectivity index (χ4n) is 2.41. The molecule has 0 saturated heterocycles. The molecule has 0 amide bonds. The van der Waals surface area contributed by atoms with Gasteiger partial charge < -0.3 is 9.88 Å². The summed E-state index contributed by atoms with van der Waals surface area (Å²) in [5.41, 5.74) is 3.21. The summed E-state index contributed by atoms with van der Waals surface area (Å²) in [6.07, 6.45) is 3.84. The van der Waals surface area contributed by atoms with E-state index in [2.05, 4.69) is 32.0 Å². The SMILES string of the molecule is Cc1cc(NCCn2ccnc2C)c2ccccc2n1. The number of aromatic nitrogens is 3. The van der Waals surface area contributed by atoms with Gasteiger partial charge >= 0.3 is 0 Å². The van der Waals surface area contributed by atoms with Crippen molar-refractivity contribution in [2.45, 2.75) is 20.4 Å². The van der Waals surface area contributed by atoms with Crippen molar-refractivity contribution in [3.63, 3.8) is 0 Å². The first-order valence-electron chi connectivity index (χ1n) is 6.82. The zero-order chi connectivity index (χ0) is 13.9. The number of hydrogen-bond acceptors (Lipinski definition) is 3. The number of hydrogen-bond donors (Lipinski definition) is 1. The van der Waals surface area contributed by atoms with Gasteiger partial charge in [-0.3, -0.25) is 4.98 Å². The minimum absolute atomic E-state index is 0.866. The molecular weight excluding hydrogens is 248 g/mol. The van der Waals surface area contributed by atoms with E-state index >= 15 is 0 Å². The molecule has 2 aromatic heterocycles. The van der Waals surface area contributed by atoms with Crippen LogP contribution in [0, 0.1) is 13.8 Å². The van der Waals surface area contributed by atoms with E-state index in [0.29, 0.717) is 0 Å². The molecule has 0 bridgehead atoms. The van der Waals surface area contributed by atoms with Gasteiger partial charge in [-0.1, -0.05) is 18.2 Å². The monoisotopic (exact) mass is 266 g/mol. The average molecular weight is 266 g/mol. The maximum absolute atomic E-state index is 4.55. The highest BCUT2D eigenvalue weighted by Gasteiger charge is 2.03. The summed E-state index contributed by atoms with van der Waals surface area (Å²) in [4.78, 5) is 8.78. The summed E-state index contributed by atoms with van der Waals surface area (Å²) in [5.74, 6) is 1.04. The van der Waals surface area contributed by atoms with Crippen molar-refractivity contribution in [3.8, 4) is 0 Å². The molecular formula is C16H18N4. The van der Waals surface area contributed by atoms with Gasteiger partial charge in [0.05, 0.1) is 5.52 Å². The Morgan fingerprint density at radius 2 is 2.05 bits per heavy atom. The third kappa shape index (κ3) is 2.50. The number of nitrogens with one attached hydrogen (secondary N) is 1. The zero-order valence-electron chi connectivity index (χ0n) is 11.8. The van der Waals surface area contributed by atoms with Crippen molar-refractivity contribution in [1.29, 1.82) is 0 Å². The number of anilines is 1. The van der Waals surface area contributed by atoms with E-state index in [1.54, 1.807) is 0 Å². The highest BCUT2D eigenvalue weighted by Crippen LogP contribution is 2.22. The molecule has 102 valence electrons. The fourth-order valence-corrected chi connectivity index (χ4v) is 2.41.